The summed E-state index contributed by atoms with van der Waals surface area (Å²) < 4.78 is 3.77. The number of benzene rings is 2. The van der Waals surface area contributed by atoms with E-state index in [1.54, 1.807) is 6.20 Å². The van der Waals surface area contributed by atoms with Gasteiger partial charge in [-0.15, -0.1) is 0 Å². The molecule has 0 amide bonds. The zero-order valence-corrected chi connectivity index (χ0v) is 14.3. The Bertz CT molecular complexity index is 994. The van der Waals surface area contributed by atoms with Crippen LogP contribution in [0.4, 0.5) is 0 Å². The number of imidazole rings is 1. The number of carbonyl (C=O) groups is 1. The molecule has 2 aromatic heterocycles. The topological polar surface area (TPSA) is 39.8 Å². The minimum atomic E-state index is -0.231. The molecule has 1 atom stereocenters. The van der Waals surface area contributed by atoms with Crippen molar-refractivity contribution in [3.05, 3.63) is 60.9 Å². The molecule has 2 aromatic carbocycles. The predicted octanol–water partition coefficient (Wildman–Crippen LogP) is 4.35. The highest BCUT2D eigenvalue weighted by molar-refractivity contribution is 8.00. The van der Waals surface area contributed by atoms with E-state index >= 15 is 0 Å². The van der Waals surface area contributed by atoms with E-state index in [1.807, 2.05) is 65.7 Å². The first kappa shape index (κ1) is 15.0. The number of aromatic nitrogens is 3. The third-order valence-electron chi connectivity index (χ3n) is 4.21. The Morgan fingerprint density at radius 2 is 1.62 bits per heavy atom. The Morgan fingerprint density at radius 3 is 2.17 bits per heavy atom. The molecule has 0 spiro atoms. The van der Waals surface area contributed by atoms with E-state index in [0.717, 1.165) is 27.0 Å². The molecule has 0 N–H and O–H groups in total. The Balaban J connectivity index is 1.82. The van der Waals surface area contributed by atoms with Crippen molar-refractivity contribution in [3.63, 3.8) is 0 Å². The molecular weight excluding hydrogens is 318 g/mol. The Hall–Kier alpha value is -2.53. The van der Waals surface area contributed by atoms with Gasteiger partial charge in [0.05, 0.1) is 16.3 Å². The molecule has 0 aliphatic heterocycles. The van der Waals surface area contributed by atoms with Gasteiger partial charge in [0.25, 0.3) is 0 Å². The van der Waals surface area contributed by atoms with Gasteiger partial charge in [0.2, 0.25) is 5.91 Å². The number of hydrogen-bond acceptors (Lipinski definition) is 3. The summed E-state index contributed by atoms with van der Waals surface area (Å²) in [6, 6.07) is 16.1. The van der Waals surface area contributed by atoms with Crippen molar-refractivity contribution in [2.24, 2.45) is 7.05 Å². The first-order chi connectivity index (χ1) is 11.7. The van der Waals surface area contributed by atoms with E-state index in [0.29, 0.717) is 0 Å². The number of nitrogens with zero attached hydrogens (tertiary/aromatic N) is 3. The van der Waals surface area contributed by atoms with E-state index in [9.17, 15) is 4.79 Å². The van der Waals surface area contributed by atoms with Crippen LogP contribution in [0.5, 0.6) is 0 Å². The molecule has 0 aliphatic carbocycles. The molecule has 5 heteroatoms. The minimum absolute atomic E-state index is 0.0698. The Labute approximate surface area is 144 Å². The van der Waals surface area contributed by atoms with Gasteiger partial charge in [-0.25, -0.2) is 4.98 Å². The lowest BCUT2D eigenvalue weighted by atomic mass is 10.2. The molecule has 0 saturated heterocycles. The van der Waals surface area contributed by atoms with Crippen molar-refractivity contribution in [1.82, 2.24) is 14.1 Å². The summed E-state index contributed by atoms with van der Waals surface area (Å²) >= 11 is 1.48. The summed E-state index contributed by atoms with van der Waals surface area (Å²) in [5, 5.41) is 2.83. The third-order valence-corrected chi connectivity index (χ3v) is 5.37. The Kier molecular flexibility index (Phi) is 3.65. The fourth-order valence-corrected chi connectivity index (χ4v) is 3.89. The smallest absolute Gasteiger partial charge is 0.244 e. The molecule has 4 aromatic rings. The summed E-state index contributed by atoms with van der Waals surface area (Å²) in [7, 11) is 1.94. The van der Waals surface area contributed by atoms with Crippen LogP contribution >= 0.6 is 11.8 Å². The van der Waals surface area contributed by atoms with Gasteiger partial charge in [0, 0.05) is 30.2 Å². The van der Waals surface area contributed by atoms with Crippen LogP contribution in [0, 0.1) is 0 Å². The molecule has 4 rings (SSSR count). The summed E-state index contributed by atoms with van der Waals surface area (Å²) in [4.78, 5) is 17.5. The quantitative estimate of drug-likeness (QED) is 0.523. The van der Waals surface area contributed by atoms with Crippen LogP contribution in [0.25, 0.3) is 21.8 Å². The molecular formula is C19H17N3OS. The lowest BCUT2D eigenvalue weighted by Gasteiger charge is -2.12. The predicted molar refractivity (Wildman–Crippen MR) is 98.6 cm³/mol. The maximum Gasteiger partial charge on any atom is 0.244 e. The van der Waals surface area contributed by atoms with Crippen LogP contribution in [-0.2, 0) is 7.05 Å². The molecule has 0 aliphatic rings. The number of fused-ring (bicyclic) bond motifs is 3. The largest absolute Gasteiger partial charge is 0.329 e. The van der Waals surface area contributed by atoms with Crippen molar-refractivity contribution in [2.45, 2.75) is 17.3 Å². The van der Waals surface area contributed by atoms with E-state index < -0.39 is 0 Å². The highest BCUT2D eigenvalue weighted by Gasteiger charge is 2.22. The van der Waals surface area contributed by atoms with Gasteiger partial charge in [-0.05, 0) is 19.1 Å². The van der Waals surface area contributed by atoms with Gasteiger partial charge in [0.1, 0.15) is 0 Å². The summed E-state index contributed by atoms with van der Waals surface area (Å²) in [5.41, 5.74) is 1.91. The number of aryl methyl sites for hydroxylation is 1. The number of thioether (sulfide) groups is 1. The van der Waals surface area contributed by atoms with Crippen LogP contribution in [-0.4, -0.2) is 25.3 Å². The molecule has 120 valence electrons. The molecule has 24 heavy (non-hydrogen) atoms. The molecule has 0 fully saturated rings. The minimum Gasteiger partial charge on any atom is -0.329 e. The van der Waals surface area contributed by atoms with Crippen molar-refractivity contribution in [2.75, 3.05) is 0 Å². The van der Waals surface area contributed by atoms with Gasteiger partial charge in [-0.3, -0.25) is 9.36 Å². The van der Waals surface area contributed by atoms with Gasteiger partial charge >= 0.3 is 0 Å². The van der Waals surface area contributed by atoms with Crippen molar-refractivity contribution >= 4 is 39.5 Å². The van der Waals surface area contributed by atoms with Crippen molar-refractivity contribution in [3.8, 4) is 0 Å². The number of para-hydroxylation sites is 2. The molecule has 0 radical (unpaired) electrons. The van der Waals surface area contributed by atoms with Gasteiger partial charge < -0.3 is 4.57 Å². The highest BCUT2D eigenvalue weighted by atomic mass is 32.2. The van der Waals surface area contributed by atoms with Crippen LogP contribution in [0.15, 0.2) is 66.1 Å². The second-order valence-corrected chi connectivity index (χ2v) is 7.10. The zero-order valence-electron chi connectivity index (χ0n) is 13.5. The van der Waals surface area contributed by atoms with Crippen LogP contribution in [0.2, 0.25) is 0 Å². The van der Waals surface area contributed by atoms with Gasteiger partial charge in [0.15, 0.2) is 5.16 Å². The maximum absolute atomic E-state index is 13.2. The standard InChI is InChI=1S/C19H17N3OS/c1-13(24-19-20-11-12-21(19)2)18(23)22-16-9-5-3-7-14(16)15-8-4-6-10-17(15)22/h3-13H,1-2H3/t13-/m1/s1. The van der Waals surface area contributed by atoms with Gasteiger partial charge in [-0.2, -0.15) is 0 Å². The number of rotatable bonds is 3. The second kappa shape index (κ2) is 5.83. The summed E-state index contributed by atoms with van der Waals surface area (Å²) in [6.07, 6.45) is 3.64. The highest BCUT2D eigenvalue weighted by Crippen LogP contribution is 2.31. The van der Waals surface area contributed by atoms with Crippen LogP contribution < -0.4 is 0 Å². The molecule has 0 unspecified atom stereocenters. The summed E-state index contributed by atoms with van der Waals surface area (Å²) in [5.74, 6) is 0.0698. The third kappa shape index (κ3) is 2.32. The van der Waals surface area contributed by atoms with E-state index in [2.05, 4.69) is 17.1 Å². The first-order valence-corrected chi connectivity index (χ1v) is 8.71. The fraction of sp³-hybridized carbons (Fsp3) is 0.158. The SMILES string of the molecule is C[C@@H](Sc1nccn1C)C(=O)n1c2ccccc2c2ccccc21. The maximum atomic E-state index is 13.2. The number of carbonyl (C=O) groups excluding carboxylic acids is 1. The second-order valence-electron chi connectivity index (χ2n) is 5.79. The zero-order chi connectivity index (χ0) is 16.7. The average Bonchev–Trinajstić information content (AvgIpc) is 3.15. The van der Waals surface area contributed by atoms with Crippen LogP contribution in [0.1, 0.15) is 11.7 Å². The Morgan fingerprint density at radius 1 is 1.04 bits per heavy atom. The average molecular weight is 335 g/mol. The fourth-order valence-electron chi connectivity index (χ4n) is 3.02. The molecule has 4 nitrogen and oxygen atoms in total. The normalized spacial score (nSPS) is 12.8. The van der Waals surface area contributed by atoms with Crippen molar-refractivity contribution in [1.29, 1.82) is 0 Å². The molecule has 0 bridgehead atoms. The lowest BCUT2D eigenvalue weighted by molar-refractivity contribution is 0.0925. The molecule has 2 heterocycles. The molecule has 0 saturated carbocycles. The van der Waals surface area contributed by atoms with E-state index in [4.69, 9.17) is 0 Å². The first-order valence-electron chi connectivity index (χ1n) is 7.83. The summed E-state index contributed by atoms with van der Waals surface area (Å²) in [6.45, 7) is 1.94. The van der Waals surface area contributed by atoms with E-state index in [-0.39, 0.29) is 11.2 Å². The monoisotopic (exact) mass is 335 g/mol. The van der Waals surface area contributed by atoms with Gasteiger partial charge in [-0.1, -0.05) is 48.2 Å². The van der Waals surface area contributed by atoms with E-state index in [1.165, 1.54) is 11.8 Å². The lowest BCUT2D eigenvalue weighted by Crippen LogP contribution is -2.21. The number of hydrogen-bond donors (Lipinski definition) is 0. The van der Waals surface area contributed by atoms with Crippen molar-refractivity contribution < 1.29 is 4.79 Å². The van der Waals surface area contributed by atoms with Crippen LogP contribution in [0.3, 0.4) is 0 Å².